The van der Waals surface area contributed by atoms with E-state index in [1.54, 1.807) is 12.1 Å². The summed E-state index contributed by atoms with van der Waals surface area (Å²) in [5, 5.41) is 4.84. The molecule has 0 aliphatic carbocycles. The van der Waals surface area contributed by atoms with Crippen molar-refractivity contribution in [2.45, 2.75) is 62.3 Å². The van der Waals surface area contributed by atoms with E-state index in [9.17, 15) is 35.9 Å². The fourth-order valence-electron chi connectivity index (χ4n) is 6.97. The Hall–Kier alpha value is -3.24. The molecular weight excluding hydrogens is 698 g/mol. The molecule has 264 valence electrons. The number of hydrogen-bond acceptors (Lipinski definition) is 8. The summed E-state index contributed by atoms with van der Waals surface area (Å²) >= 11 is 6.66. The molecule has 2 saturated heterocycles. The molecule has 2 aromatic heterocycles. The summed E-state index contributed by atoms with van der Waals surface area (Å²) in [7, 11) is 0. The number of ketones is 1. The number of benzene rings is 1. The molecule has 0 radical (unpaired) electrons. The molecule has 5 heterocycles. The number of pyridine rings is 1. The van der Waals surface area contributed by atoms with E-state index in [0.717, 1.165) is 35.0 Å². The topological polar surface area (TPSA) is 84.0 Å². The van der Waals surface area contributed by atoms with Crippen LogP contribution in [0.4, 0.5) is 26.3 Å². The van der Waals surface area contributed by atoms with Gasteiger partial charge in [0.2, 0.25) is 0 Å². The van der Waals surface area contributed by atoms with Gasteiger partial charge in [-0.1, -0.05) is 17.7 Å². The molecule has 2 fully saturated rings. The number of carbonyl (C=O) groups excluding carboxylic acids is 2. The lowest BCUT2D eigenvalue weighted by Gasteiger charge is -2.50. The number of Topliss-reactive ketones (excluding diaryl/α,β-unsaturated/α-hetero) is 1. The number of carbonyl (C=O) groups is 2. The van der Waals surface area contributed by atoms with Crippen molar-refractivity contribution in [2.24, 2.45) is 0 Å². The van der Waals surface area contributed by atoms with E-state index in [1.807, 2.05) is 11.0 Å². The Balaban J connectivity index is 1.44. The molecule has 0 spiro atoms. The number of piperidine rings is 1. The maximum absolute atomic E-state index is 15.0. The van der Waals surface area contributed by atoms with Crippen molar-refractivity contribution in [1.82, 2.24) is 20.1 Å². The number of hydrogen-bond donors (Lipinski definition) is 1. The van der Waals surface area contributed by atoms with Crippen molar-refractivity contribution in [3.8, 4) is 5.75 Å². The maximum atomic E-state index is 15.0. The van der Waals surface area contributed by atoms with Crippen LogP contribution in [0, 0.1) is 0 Å². The number of amides is 1. The Morgan fingerprint density at radius 2 is 1.84 bits per heavy atom. The van der Waals surface area contributed by atoms with Crippen LogP contribution in [0.3, 0.4) is 0 Å². The third-order valence-corrected chi connectivity index (χ3v) is 10.5. The first-order valence-electron chi connectivity index (χ1n) is 15.8. The van der Waals surface area contributed by atoms with Crippen LogP contribution < -0.4 is 10.1 Å². The van der Waals surface area contributed by atoms with Gasteiger partial charge in [-0.3, -0.25) is 19.5 Å². The van der Waals surface area contributed by atoms with Crippen LogP contribution in [-0.2, 0) is 34.8 Å². The third kappa shape index (κ3) is 7.60. The average molecular weight is 731 g/mol. The fraction of sp³-hybridized carbons (Fsp3) is 0.485. The second-order valence-corrected chi connectivity index (χ2v) is 13.7. The van der Waals surface area contributed by atoms with Crippen LogP contribution in [0.25, 0.3) is 0 Å². The van der Waals surface area contributed by atoms with Crippen LogP contribution in [0.1, 0.15) is 51.2 Å². The maximum Gasteiger partial charge on any atom is 0.425 e. The van der Waals surface area contributed by atoms with Crippen LogP contribution in [0.2, 0.25) is 5.02 Å². The third-order valence-electron chi connectivity index (χ3n) is 9.32. The Morgan fingerprint density at radius 3 is 2.55 bits per heavy atom. The predicted octanol–water partition coefficient (Wildman–Crippen LogP) is 6.26. The molecule has 3 aliphatic heterocycles. The van der Waals surface area contributed by atoms with E-state index in [4.69, 9.17) is 21.1 Å². The van der Waals surface area contributed by atoms with Gasteiger partial charge in [-0.25, -0.2) is 0 Å². The second kappa shape index (κ2) is 14.2. The van der Waals surface area contributed by atoms with Gasteiger partial charge in [0.05, 0.1) is 36.4 Å². The van der Waals surface area contributed by atoms with E-state index in [0.29, 0.717) is 61.8 Å². The van der Waals surface area contributed by atoms with Crippen LogP contribution >= 0.6 is 22.9 Å². The number of alkyl halides is 6. The Kier molecular flexibility index (Phi) is 10.3. The zero-order valence-electron chi connectivity index (χ0n) is 26.1. The van der Waals surface area contributed by atoms with Crippen molar-refractivity contribution in [1.29, 1.82) is 0 Å². The first-order chi connectivity index (χ1) is 23.3. The Morgan fingerprint density at radius 1 is 1.06 bits per heavy atom. The molecular formula is C33H33ClF6N4O4S. The monoisotopic (exact) mass is 730 g/mol. The van der Waals surface area contributed by atoms with Gasteiger partial charge in [0.1, 0.15) is 10.6 Å². The number of fused-ring (bicyclic) bond motifs is 1. The largest absolute Gasteiger partial charge is 0.476 e. The van der Waals surface area contributed by atoms with Crippen molar-refractivity contribution in [3.05, 3.63) is 80.3 Å². The van der Waals surface area contributed by atoms with Crippen molar-refractivity contribution in [3.63, 3.8) is 0 Å². The minimum atomic E-state index is -4.87. The zero-order chi connectivity index (χ0) is 35.0. The van der Waals surface area contributed by atoms with Gasteiger partial charge in [0, 0.05) is 61.6 Å². The molecule has 1 amide bonds. The molecule has 8 nitrogen and oxygen atoms in total. The lowest BCUT2D eigenvalue weighted by Crippen LogP contribution is -2.69. The summed E-state index contributed by atoms with van der Waals surface area (Å²) < 4.78 is 95.3. The minimum absolute atomic E-state index is 0.00876. The SMILES string of the molecule is O=C(c1cnccc1C(F)(F)F)N1CCC[C@@](Oc2csc(C(F)(F)F)c2)(C(=O)C2Cc3cc(Cl)ccc3CN2)[C@H]1CCN1CCOCC1. The highest BCUT2D eigenvalue weighted by Crippen LogP contribution is 2.43. The highest BCUT2D eigenvalue weighted by atomic mass is 35.5. The first-order valence-corrected chi connectivity index (χ1v) is 17.0. The molecule has 1 N–H and O–H groups in total. The number of likely N-dealkylation sites (tertiary alicyclic amines) is 1. The highest BCUT2D eigenvalue weighted by Gasteiger charge is 2.56. The van der Waals surface area contributed by atoms with Gasteiger partial charge < -0.3 is 19.7 Å². The number of halogens is 7. The molecule has 0 saturated carbocycles. The number of rotatable bonds is 8. The summed E-state index contributed by atoms with van der Waals surface area (Å²) in [5.41, 5.74) is -2.08. The highest BCUT2D eigenvalue weighted by molar-refractivity contribution is 7.10. The molecule has 1 aromatic carbocycles. The Bertz CT molecular complexity index is 1680. The average Bonchev–Trinajstić information content (AvgIpc) is 3.56. The quantitative estimate of drug-likeness (QED) is 0.274. The van der Waals surface area contributed by atoms with Crippen molar-refractivity contribution < 1.29 is 45.4 Å². The summed E-state index contributed by atoms with van der Waals surface area (Å²) in [6.07, 6.45) is -7.33. The number of morpholine rings is 1. The van der Waals surface area contributed by atoms with E-state index >= 15 is 0 Å². The summed E-state index contributed by atoms with van der Waals surface area (Å²) in [4.78, 5) is 35.3. The fourth-order valence-corrected chi connectivity index (χ4v) is 7.84. The number of thiophene rings is 1. The van der Waals surface area contributed by atoms with Crippen LogP contribution in [-0.4, -0.2) is 83.6 Å². The van der Waals surface area contributed by atoms with Crippen molar-refractivity contribution in [2.75, 3.05) is 39.4 Å². The Labute approximate surface area is 287 Å². The number of nitrogens with one attached hydrogen (secondary N) is 1. The smallest absolute Gasteiger partial charge is 0.425 e. The molecule has 16 heteroatoms. The van der Waals surface area contributed by atoms with Crippen LogP contribution in [0.5, 0.6) is 5.75 Å². The van der Waals surface area contributed by atoms with Crippen LogP contribution in [0.15, 0.2) is 48.1 Å². The number of aromatic nitrogens is 1. The zero-order valence-corrected chi connectivity index (χ0v) is 27.7. The minimum Gasteiger partial charge on any atom is -0.476 e. The van der Waals surface area contributed by atoms with Gasteiger partial charge >= 0.3 is 12.4 Å². The molecule has 6 rings (SSSR count). The second-order valence-electron chi connectivity index (χ2n) is 12.3. The van der Waals surface area contributed by atoms with E-state index < -0.39 is 57.7 Å². The summed E-state index contributed by atoms with van der Waals surface area (Å²) in [6.45, 7) is 2.59. The van der Waals surface area contributed by atoms with Gasteiger partial charge in [0.15, 0.2) is 11.4 Å². The first kappa shape index (κ1) is 35.6. The lowest BCUT2D eigenvalue weighted by atomic mass is 9.74. The normalized spacial score (nSPS) is 23.6. The number of nitrogens with zero attached hydrogens (tertiary/aromatic N) is 3. The van der Waals surface area contributed by atoms with E-state index in [1.165, 1.54) is 4.90 Å². The molecule has 3 aromatic rings. The molecule has 3 aliphatic rings. The summed E-state index contributed by atoms with van der Waals surface area (Å²) in [5.74, 6) is -1.72. The standard InChI is InChI=1S/C33H33ClF6N4O4S/c34-22-3-2-20-17-42-26(15-21(20)14-22)29(45)31(48-23-16-28(49-19-23)33(38,39)40)6-1-8-44(27(31)5-9-43-10-12-47-13-11-43)30(46)24-18-41-7-4-25(24)32(35,36)37/h2-4,7,14,16,18-19,26-27,42H,1,5-6,8-13,15,17H2/t26?,27-,31+/m1/s1. The molecule has 3 atom stereocenters. The van der Waals surface area contributed by atoms with Gasteiger partial charge in [-0.15, -0.1) is 11.3 Å². The lowest BCUT2D eigenvalue weighted by molar-refractivity contribution is -0.148. The molecule has 0 bridgehead atoms. The van der Waals surface area contributed by atoms with Gasteiger partial charge in [-0.2, -0.15) is 26.3 Å². The van der Waals surface area contributed by atoms with E-state index in [2.05, 4.69) is 10.3 Å². The van der Waals surface area contributed by atoms with Gasteiger partial charge in [0.25, 0.3) is 5.91 Å². The molecule has 1 unspecified atom stereocenters. The van der Waals surface area contributed by atoms with Crippen molar-refractivity contribution >= 4 is 34.6 Å². The number of ether oxygens (including phenoxy) is 2. The summed E-state index contributed by atoms with van der Waals surface area (Å²) in [6, 6.07) is 4.79. The van der Waals surface area contributed by atoms with Gasteiger partial charge in [-0.05, 0) is 55.0 Å². The van der Waals surface area contributed by atoms with E-state index in [-0.39, 0.29) is 38.0 Å². The molecule has 49 heavy (non-hydrogen) atoms. The predicted molar refractivity (Wildman–Crippen MR) is 169 cm³/mol.